The Morgan fingerprint density at radius 3 is 2.67 bits per heavy atom. The van der Waals surface area contributed by atoms with Crippen molar-refractivity contribution in [3.8, 4) is 0 Å². The van der Waals surface area contributed by atoms with E-state index >= 15 is 0 Å². The van der Waals surface area contributed by atoms with Crippen LogP contribution in [0.25, 0.3) is 4.96 Å². The molecule has 1 fully saturated rings. The van der Waals surface area contributed by atoms with Crippen molar-refractivity contribution >= 4 is 22.2 Å². The number of rotatable bonds is 3. The molecule has 3 heterocycles. The number of benzene rings is 1. The molecule has 0 bridgehead atoms. The molecular weight excluding hydrogens is 360 g/mol. The van der Waals surface area contributed by atoms with Gasteiger partial charge >= 0.3 is 0 Å². The van der Waals surface area contributed by atoms with Crippen molar-refractivity contribution in [3.05, 3.63) is 68.6 Å². The summed E-state index contributed by atoms with van der Waals surface area (Å²) in [5, 5.41) is 1.87. The van der Waals surface area contributed by atoms with Gasteiger partial charge in [0.25, 0.3) is 11.5 Å². The van der Waals surface area contributed by atoms with Crippen LogP contribution in [0.3, 0.4) is 0 Å². The lowest BCUT2D eigenvalue weighted by atomic mass is 10.0. The molecule has 0 spiro atoms. The molecule has 0 unspecified atom stereocenters. The van der Waals surface area contributed by atoms with Gasteiger partial charge in [0, 0.05) is 55.9 Å². The van der Waals surface area contributed by atoms with Gasteiger partial charge in [-0.2, -0.15) is 0 Å². The summed E-state index contributed by atoms with van der Waals surface area (Å²) in [6, 6.07) is 7.57. The topological polar surface area (TPSA) is 57.9 Å². The van der Waals surface area contributed by atoms with Crippen LogP contribution in [0.15, 0.2) is 40.6 Å². The number of hydrogen-bond donors (Lipinski definition) is 0. The SMILES string of the molecule is Cc1ccc(C(=O)N2CCN(Cc3cc(=O)n4ccsc4n3)CC2)c(C)c1. The van der Waals surface area contributed by atoms with Crippen molar-refractivity contribution in [2.45, 2.75) is 20.4 Å². The minimum absolute atomic E-state index is 0.0418. The maximum absolute atomic E-state index is 12.8. The van der Waals surface area contributed by atoms with Crippen molar-refractivity contribution in [3.63, 3.8) is 0 Å². The van der Waals surface area contributed by atoms with Crippen LogP contribution < -0.4 is 5.56 Å². The Labute approximate surface area is 161 Å². The Balaban J connectivity index is 1.41. The summed E-state index contributed by atoms with van der Waals surface area (Å²) in [6.45, 7) is 7.59. The van der Waals surface area contributed by atoms with E-state index in [1.165, 1.54) is 16.9 Å². The van der Waals surface area contributed by atoms with Crippen molar-refractivity contribution < 1.29 is 4.79 Å². The highest BCUT2D eigenvalue weighted by atomic mass is 32.1. The second-order valence-corrected chi connectivity index (χ2v) is 7.90. The van der Waals surface area contributed by atoms with Crippen LogP contribution in [0.2, 0.25) is 0 Å². The Hall–Kier alpha value is -2.51. The number of aryl methyl sites for hydroxylation is 2. The highest BCUT2D eigenvalue weighted by Crippen LogP contribution is 2.16. The van der Waals surface area contributed by atoms with E-state index in [0.29, 0.717) is 19.6 Å². The molecule has 0 saturated carbocycles. The molecule has 1 aromatic carbocycles. The van der Waals surface area contributed by atoms with Gasteiger partial charge in [-0.05, 0) is 25.5 Å². The molecule has 1 saturated heterocycles. The predicted octanol–water partition coefficient (Wildman–Crippen LogP) is 2.33. The molecule has 27 heavy (non-hydrogen) atoms. The lowest BCUT2D eigenvalue weighted by Gasteiger charge is -2.34. The van der Waals surface area contributed by atoms with Crippen molar-refractivity contribution in [1.29, 1.82) is 0 Å². The smallest absolute Gasteiger partial charge is 0.258 e. The molecule has 3 aromatic rings. The second kappa shape index (κ2) is 7.25. The van der Waals surface area contributed by atoms with Crippen LogP contribution in [0.1, 0.15) is 27.2 Å². The van der Waals surface area contributed by atoms with Crippen molar-refractivity contribution in [2.75, 3.05) is 26.2 Å². The third-order valence-electron chi connectivity index (χ3n) is 5.01. The molecule has 6 nitrogen and oxygen atoms in total. The van der Waals surface area contributed by atoms with E-state index < -0.39 is 0 Å². The standard InChI is InChI=1S/C20H22N4O2S/c1-14-3-4-17(15(2)11-14)19(26)23-7-5-22(6-8-23)13-16-12-18(25)24-9-10-27-20(24)21-16/h3-4,9-12H,5-8,13H2,1-2H3. The van der Waals surface area contributed by atoms with Gasteiger partial charge in [-0.15, -0.1) is 11.3 Å². The number of fused-ring (bicyclic) bond motifs is 1. The summed E-state index contributed by atoms with van der Waals surface area (Å²) in [7, 11) is 0. The van der Waals surface area contributed by atoms with Gasteiger partial charge in [0.1, 0.15) is 0 Å². The molecule has 1 aliphatic heterocycles. The van der Waals surface area contributed by atoms with Gasteiger partial charge in [0.05, 0.1) is 5.69 Å². The fourth-order valence-corrected chi connectivity index (χ4v) is 4.27. The van der Waals surface area contributed by atoms with Crippen LogP contribution >= 0.6 is 11.3 Å². The molecule has 140 valence electrons. The molecule has 7 heteroatoms. The van der Waals surface area contributed by atoms with E-state index in [4.69, 9.17) is 0 Å². The van der Waals surface area contributed by atoms with Crippen LogP contribution in [0.4, 0.5) is 0 Å². The maximum atomic E-state index is 12.8. The van der Waals surface area contributed by atoms with Crippen LogP contribution in [0.5, 0.6) is 0 Å². The monoisotopic (exact) mass is 382 g/mol. The molecule has 4 rings (SSSR count). The second-order valence-electron chi connectivity index (χ2n) is 7.03. The molecule has 2 aromatic heterocycles. The largest absolute Gasteiger partial charge is 0.336 e. The zero-order valence-corrected chi connectivity index (χ0v) is 16.3. The van der Waals surface area contributed by atoms with Crippen molar-refractivity contribution in [2.24, 2.45) is 0 Å². The number of hydrogen-bond acceptors (Lipinski definition) is 5. The first-order chi connectivity index (χ1) is 13.0. The van der Waals surface area contributed by atoms with Gasteiger partial charge in [-0.1, -0.05) is 17.7 Å². The fourth-order valence-electron chi connectivity index (χ4n) is 3.53. The average Bonchev–Trinajstić information content (AvgIpc) is 3.11. The predicted molar refractivity (Wildman–Crippen MR) is 106 cm³/mol. The highest BCUT2D eigenvalue weighted by molar-refractivity contribution is 7.15. The number of carbonyl (C=O) groups is 1. The van der Waals surface area contributed by atoms with Gasteiger partial charge in [0.2, 0.25) is 0 Å². The number of thiazole rings is 1. The third kappa shape index (κ3) is 3.65. The molecule has 0 N–H and O–H groups in total. The summed E-state index contributed by atoms with van der Waals surface area (Å²) >= 11 is 1.46. The zero-order valence-electron chi connectivity index (χ0n) is 15.5. The Kier molecular flexibility index (Phi) is 4.80. The van der Waals surface area contributed by atoms with E-state index in [0.717, 1.165) is 34.9 Å². The summed E-state index contributed by atoms with van der Waals surface area (Å²) in [4.78, 5) is 34.4. The van der Waals surface area contributed by atoms with Crippen LogP contribution in [-0.4, -0.2) is 51.3 Å². The lowest BCUT2D eigenvalue weighted by Crippen LogP contribution is -2.48. The summed E-state index contributed by atoms with van der Waals surface area (Å²) in [6.07, 6.45) is 1.75. The van der Waals surface area contributed by atoms with E-state index in [1.807, 2.05) is 42.3 Å². The first-order valence-electron chi connectivity index (χ1n) is 9.06. The number of aromatic nitrogens is 2. The molecular formula is C20H22N4O2S. The summed E-state index contributed by atoms with van der Waals surface area (Å²) in [5.41, 5.74) is 3.72. The van der Waals surface area contributed by atoms with Gasteiger partial charge in [-0.25, -0.2) is 4.98 Å². The van der Waals surface area contributed by atoms with Crippen LogP contribution in [-0.2, 0) is 6.54 Å². The van der Waals surface area contributed by atoms with E-state index in [9.17, 15) is 9.59 Å². The molecule has 1 amide bonds. The minimum Gasteiger partial charge on any atom is -0.336 e. The zero-order chi connectivity index (χ0) is 19.0. The van der Waals surface area contributed by atoms with E-state index in [1.54, 1.807) is 16.7 Å². The maximum Gasteiger partial charge on any atom is 0.258 e. The normalized spacial score (nSPS) is 15.4. The highest BCUT2D eigenvalue weighted by Gasteiger charge is 2.23. The van der Waals surface area contributed by atoms with Gasteiger partial charge in [-0.3, -0.25) is 18.9 Å². The minimum atomic E-state index is -0.0418. The van der Waals surface area contributed by atoms with E-state index in [-0.39, 0.29) is 11.5 Å². The number of carbonyl (C=O) groups excluding carboxylic acids is 1. The number of amides is 1. The number of piperazine rings is 1. The summed E-state index contributed by atoms with van der Waals surface area (Å²) in [5.74, 6) is 0.100. The third-order valence-corrected chi connectivity index (χ3v) is 5.77. The Morgan fingerprint density at radius 2 is 1.93 bits per heavy atom. The average molecular weight is 382 g/mol. The van der Waals surface area contributed by atoms with Gasteiger partial charge < -0.3 is 4.90 Å². The Bertz CT molecular complexity index is 1050. The number of nitrogens with zero attached hydrogens (tertiary/aromatic N) is 4. The molecule has 0 atom stereocenters. The van der Waals surface area contributed by atoms with Crippen molar-refractivity contribution in [1.82, 2.24) is 19.2 Å². The first-order valence-corrected chi connectivity index (χ1v) is 9.94. The fraction of sp³-hybridized carbons (Fsp3) is 0.350. The lowest BCUT2D eigenvalue weighted by molar-refractivity contribution is 0.0626. The first kappa shape index (κ1) is 17.9. The quantitative estimate of drug-likeness (QED) is 0.698. The molecule has 0 aliphatic carbocycles. The molecule has 1 aliphatic rings. The van der Waals surface area contributed by atoms with Gasteiger partial charge in [0.15, 0.2) is 4.96 Å². The van der Waals surface area contributed by atoms with E-state index in [2.05, 4.69) is 9.88 Å². The Morgan fingerprint density at radius 1 is 1.15 bits per heavy atom. The molecule has 0 radical (unpaired) electrons. The summed E-state index contributed by atoms with van der Waals surface area (Å²) < 4.78 is 1.56. The van der Waals surface area contributed by atoms with Crippen LogP contribution in [0, 0.1) is 13.8 Å².